The van der Waals surface area contributed by atoms with Gasteiger partial charge in [-0.25, -0.2) is 4.98 Å². The van der Waals surface area contributed by atoms with Crippen molar-refractivity contribution in [2.24, 2.45) is 0 Å². The van der Waals surface area contributed by atoms with Crippen molar-refractivity contribution in [1.29, 1.82) is 0 Å². The fraction of sp³-hybridized carbons (Fsp3) is 0.115. The molecule has 3 heterocycles. The monoisotopic (exact) mass is 488 g/mol. The molecule has 1 aliphatic heterocycles. The third kappa shape index (κ3) is 3.12. The van der Waals surface area contributed by atoms with Gasteiger partial charge in [-0.2, -0.15) is 0 Å². The van der Waals surface area contributed by atoms with Gasteiger partial charge in [0.05, 0.1) is 34.3 Å². The molecule has 0 saturated carbocycles. The average Bonchev–Trinajstić information content (AvgIpc) is 3.38. The molecule has 0 spiro atoms. The second kappa shape index (κ2) is 7.68. The highest BCUT2D eigenvalue weighted by Crippen LogP contribution is 2.44. The van der Waals surface area contributed by atoms with Gasteiger partial charge in [0.25, 0.3) is 5.91 Å². The van der Waals surface area contributed by atoms with Crippen molar-refractivity contribution in [3.05, 3.63) is 98.4 Å². The third-order valence-corrected chi connectivity index (χ3v) is 7.26. The summed E-state index contributed by atoms with van der Waals surface area (Å²) in [6.07, 6.45) is 0. The summed E-state index contributed by atoms with van der Waals surface area (Å²) in [5.41, 5.74) is 2.95. The number of hydrogen-bond acceptors (Lipinski definition) is 6. The van der Waals surface area contributed by atoms with Gasteiger partial charge in [-0.05, 0) is 60.5 Å². The number of halogens is 1. The van der Waals surface area contributed by atoms with Crippen LogP contribution in [0.2, 0.25) is 5.02 Å². The van der Waals surface area contributed by atoms with E-state index in [1.165, 1.54) is 11.3 Å². The molecule has 1 atom stereocenters. The van der Waals surface area contributed by atoms with E-state index in [0.717, 1.165) is 21.3 Å². The van der Waals surface area contributed by atoms with E-state index in [-0.39, 0.29) is 16.8 Å². The Labute approximate surface area is 203 Å². The Balaban J connectivity index is 1.62. The van der Waals surface area contributed by atoms with Crippen molar-refractivity contribution in [2.45, 2.75) is 13.0 Å². The Morgan fingerprint density at radius 1 is 1.06 bits per heavy atom. The van der Waals surface area contributed by atoms with Gasteiger partial charge in [0.2, 0.25) is 5.76 Å². The molecule has 168 valence electrons. The van der Waals surface area contributed by atoms with Gasteiger partial charge in [-0.15, -0.1) is 0 Å². The molecular weight excluding hydrogens is 472 g/mol. The summed E-state index contributed by atoms with van der Waals surface area (Å²) in [6, 6.07) is 17.4. The molecule has 1 amide bonds. The molecule has 2 aromatic heterocycles. The first-order valence-corrected chi connectivity index (χ1v) is 11.7. The minimum absolute atomic E-state index is 0.0241. The van der Waals surface area contributed by atoms with E-state index in [1.54, 1.807) is 42.3 Å². The van der Waals surface area contributed by atoms with Crippen LogP contribution in [0.3, 0.4) is 0 Å². The molecule has 0 radical (unpaired) electrons. The Bertz CT molecular complexity index is 1670. The lowest BCUT2D eigenvalue weighted by Gasteiger charge is -2.22. The number of nitrogens with zero attached hydrogens (tertiary/aromatic N) is 2. The zero-order valence-electron chi connectivity index (χ0n) is 18.2. The van der Waals surface area contributed by atoms with Crippen LogP contribution in [-0.2, 0) is 0 Å². The number of benzene rings is 3. The van der Waals surface area contributed by atoms with Crippen LogP contribution in [0.25, 0.3) is 21.2 Å². The molecule has 3 aromatic carbocycles. The zero-order valence-corrected chi connectivity index (χ0v) is 19.7. The quantitative estimate of drug-likeness (QED) is 0.306. The first-order valence-electron chi connectivity index (χ1n) is 10.6. The molecule has 0 fully saturated rings. The summed E-state index contributed by atoms with van der Waals surface area (Å²) >= 11 is 7.57. The van der Waals surface area contributed by atoms with Crippen LogP contribution < -0.4 is 15.1 Å². The van der Waals surface area contributed by atoms with Gasteiger partial charge >= 0.3 is 0 Å². The number of hydrogen-bond donors (Lipinski definition) is 0. The lowest BCUT2D eigenvalue weighted by atomic mass is 9.98. The SMILES string of the molecule is COc1ccc([C@@H]2c3c(oc4ccc(Cl)cc4c3=O)C(=O)N2c2nc3ccc(C)cc3s2)cc1. The number of rotatable bonds is 3. The van der Waals surface area contributed by atoms with Crippen LogP contribution in [0.4, 0.5) is 5.13 Å². The maximum atomic E-state index is 13.7. The first-order chi connectivity index (χ1) is 16.4. The van der Waals surface area contributed by atoms with Gasteiger partial charge < -0.3 is 9.15 Å². The normalized spacial score (nSPS) is 15.3. The molecule has 1 aliphatic rings. The molecule has 6 rings (SSSR count). The van der Waals surface area contributed by atoms with Gasteiger partial charge in [0.15, 0.2) is 10.6 Å². The van der Waals surface area contributed by atoms with Crippen molar-refractivity contribution in [3.63, 3.8) is 0 Å². The Morgan fingerprint density at radius 3 is 2.62 bits per heavy atom. The average molecular weight is 489 g/mol. The molecule has 34 heavy (non-hydrogen) atoms. The lowest BCUT2D eigenvalue weighted by Crippen LogP contribution is -2.29. The highest BCUT2D eigenvalue weighted by molar-refractivity contribution is 7.22. The van der Waals surface area contributed by atoms with E-state index in [2.05, 4.69) is 0 Å². The number of fused-ring (bicyclic) bond motifs is 3. The number of aromatic nitrogens is 1. The minimum Gasteiger partial charge on any atom is -0.497 e. The summed E-state index contributed by atoms with van der Waals surface area (Å²) in [5.74, 6) is 0.296. The minimum atomic E-state index is -0.699. The van der Waals surface area contributed by atoms with Crippen molar-refractivity contribution >= 4 is 55.2 Å². The second-order valence-electron chi connectivity index (χ2n) is 8.13. The maximum absolute atomic E-state index is 13.7. The summed E-state index contributed by atoms with van der Waals surface area (Å²) in [4.78, 5) is 33.7. The predicted molar refractivity (Wildman–Crippen MR) is 133 cm³/mol. The molecule has 0 aliphatic carbocycles. The third-order valence-electron chi connectivity index (χ3n) is 6.00. The van der Waals surface area contributed by atoms with E-state index < -0.39 is 11.9 Å². The number of anilines is 1. The van der Waals surface area contributed by atoms with E-state index in [0.29, 0.717) is 26.9 Å². The van der Waals surface area contributed by atoms with Crippen molar-refractivity contribution in [2.75, 3.05) is 12.0 Å². The number of aryl methyl sites for hydroxylation is 1. The number of amides is 1. The number of methoxy groups -OCH3 is 1. The van der Waals surface area contributed by atoms with E-state index in [9.17, 15) is 9.59 Å². The van der Waals surface area contributed by atoms with Crippen LogP contribution in [0.1, 0.15) is 33.3 Å². The molecule has 0 N–H and O–H groups in total. The standard InChI is InChI=1S/C26H17ClN2O4S/c1-13-3-9-18-20(11-13)34-26(28-18)29-22(14-4-7-16(32-2)8-5-14)21-23(30)17-12-15(27)6-10-19(17)33-24(21)25(29)31/h3-12,22H,1-2H3/t22-/m1/s1. The fourth-order valence-electron chi connectivity index (χ4n) is 4.37. The van der Waals surface area contributed by atoms with Crippen molar-refractivity contribution in [1.82, 2.24) is 4.98 Å². The van der Waals surface area contributed by atoms with Gasteiger partial charge in [-0.3, -0.25) is 14.5 Å². The largest absolute Gasteiger partial charge is 0.497 e. The molecule has 0 unspecified atom stereocenters. The van der Waals surface area contributed by atoms with E-state index in [4.69, 9.17) is 25.7 Å². The fourth-order valence-corrected chi connectivity index (χ4v) is 5.63. The maximum Gasteiger partial charge on any atom is 0.297 e. The van der Waals surface area contributed by atoms with Crippen LogP contribution in [0.5, 0.6) is 5.75 Å². The Kier molecular flexibility index (Phi) is 4.72. The molecule has 0 saturated heterocycles. The number of ether oxygens (including phenoxy) is 1. The summed E-state index contributed by atoms with van der Waals surface area (Å²) in [6.45, 7) is 2.01. The van der Waals surface area contributed by atoms with Gasteiger partial charge in [0.1, 0.15) is 11.3 Å². The smallest absolute Gasteiger partial charge is 0.297 e. The number of carbonyl (C=O) groups excluding carboxylic acids is 1. The van der Waals surface area contributed by atoms with Crippen LogP contribution in [0, 0.1) is 6.92 Å². The zero-order chi connectivity index (χ0) is 23.6. The van der Waals surface area contributed by atoms with Gasteiger partial charge in [-0.1, -0.05) is 41.1 Å². The van der Waals surface area contributed by atoms with E-state index >= 15 is 0 Å². The van der Waals surface area contributed by atoms with Crippen LogP contribution in [0.15, 0.2) is 69.9 Å². The second-order valence-corrected chi connectivity index (χ2v) is 9.58. The molecule has 8 heteroatoms. The first kappa shape index (κ1) is 20.9. The Morgan fingerprint density at radius 2 is 1.85 bits per heavy atom. The highest BCUT2D eigenvalue weighted by atomic mass is 35.5. The summed E-state index contributed by atoms with van der Waals surface area (Å²) in [5, 5.41) is 1.25. The summed E-state index contributed by atoms with van der Waals surface area (Å²) in [7, 11) is 1.59. The topological polar surface area (TPSA) is 72.6 Å². The molecular formula is C26H17ClN2O4S. The highest BCUT2D eigenvalue weighted by Gasteiger charge is 2.45. The van der Waals surface area contributed by atoms with Crippen molar-refractivity contribution in [3.8, 4) is 5.75 Å². The van der Waals surface area contributed by atoms with Gasteiger partial charge in [0, 0.05) is 5.02 Å². The Hall–Kier alpha value is -3.68. The lowest BCUT2D eigenvalue weighted by molar-refractivity contribution is 0.0971. The predicted octanol–water partition coefficient (Wildman–Crippen LogP) is 6.12. The van der Waals surface area contributed by atoms with E-state index in [1.807, 2.05) is 37.3 Å². The van der Waals surface area contributed by atoms with Crippen molar-refractivity contribution < 1.29 is 13.9 Å². The number of carbonyl (C=O) groups is 1. The van der Waals surface area contributed by atoms with Crippen LogP contribution in [-0.4, -0.2) is 18.0 Å². The van der Waals surface area contributed by atoms with Crippen LogP contribution >= 0.6 is 22.9 Å². The molecule has 5 aromatic rings. The summed E-state index contributed by atoms with van der Waals surface area (Å²) < 4.78 is 12.3. The molecule has 0 bridgehead atoms. The molecule has 6 nitrogen and oxygen atoms in total. The number of thiazole rings is 1.